The molecule has 0 spiro atoms. The number of nitrogens with one attached hydrogen (secondary N) is 2. The first kappa shape index (κ1) is 18.5. The van der Waals surface area contributed by atoms with E-state index in [-0.39, 0.29) is 40.3 Å². The van der Waals surface area contributed by atoms with E-state index in [0.717, 1.165) is 16.4 Å². The van der Waals surface area contributed by atoms with E-state index in [1.807, 2.05) is 0 Å². The number of rotatable bonds is 4. The monoisotopic (exact) mass is 408 g/mol. The Morgan fingerprint density at radius 1 is 1.21 bits per heavy atom. The van der Waals surface area contributed by atoms with Gasteiger partial charge in [0.05, 0.1) is 23.5 Å². The number of carbonyl (C=O) groups excluding carboxylic acids is 1. The van der Waals surface area contributed by atoms with Gasteiger partial charge in [0, 0.05) is 30.4 Å². The Morgan fingerprint density at radius 2 is 1.96 bits per heavy atom. The minimum Gasteiger partial charge on any atom is -0.390 e. The summed E-state index contributed by atoms with van der Waals surface area (Å²) >= 11 is 0. The van der Waals surface area contributed by atoms with E-state index >= 15 is 0 Å². The van der Waals surface area contributed by atoms with Crippen LogP contribution in [0, 0.1) is 11.6 Å². The minimum absolute atomic E-state index is 0.0151. The van der Waals surface area contributed by atoms with Crippen LogP contribution in [0.15, 0.2) is 41.6 Å². The zero-order valence-corrected chi connectivity index (χ0v) is 15.0. The van der Waals surface area contributed by atoms with Crippen LogP contribution in [-0.4, -0.2) is 52.9 Å². The van der Waals surface area contributed by atoms with Gasteiger partial charge in [-0.05, 0) is 24.3 Å². The fourth-order valence-corrected chi connectivity index (χ4v) is 4.59. The Bertz CT molecular complexity index is 1190. The third kappa shape index (κ3) is 3.13. The number of β-amino-alcohol motifs (C(OH)–C–C–N with tert-alkyl or cyclic N) is 1. The zero-order valence-electron chi connectivity index (χ0n) is 14.2. The molecule has 3 N–H and O–H groups in total. The van der Waals surface area contributed by atoms with Crippen molar-refractivity contribution in [3.63, 3.8) is 0 Å². The highest BCUT2D eigenvalue weighted by molar-refractivity contribution is 7.89. The third-order valence-electron chi connectivity index (χ3n) is 4.38. The lowest BCUT2D eigenvalue weighted by Gasteiger charge is -2.34. The van der Waals surface area contributed by atoms with E-state index in [2.05, 4.69) is 15.3 Å². The van der Waals surface area contributed by atoms with Crippen molar-refractivity contribution in [2.75, 3.05) is 18.4 Å². The topological polar surface area (TPSA) is 115 Å². The fraction of sp³-hybridized carbons (Fsp3) is 0.176. The van der Waals surface area contributed by atoms with E-state index in [9.17, 15) is 27.1 Å². The summed E-state index contributed by atoms with van der Waals surface area (Å²) in [5, 5.41) is 11.8. The smallest absolute Gasteiger partial charge is 0.255 e. The van der Waals surface area contributed by atoms with E-state index in [1.54, 1.807) is 0 Å². The number of aromatic amines is 1. The summed E-state index contributed by atoms with van der Waals surface area (Å²) in [7, 11) is -3.96. The molecule has 0 unspecified atom stereocenters. The van der Waals surface area contributed by atoms with Crippen LogP contribution < -0.4 is 5.32 Å². The van der Waals surface area contributed by atoms with Crippen molar-refractivity contribution in [2.45, 2.75) is 11.0 Å². The van der Waals surface area contributed by atoms with Crippen LogP contribution in [-0.2, 0) is 10.0 Å². The molecule has 146 valence electrons. The van der Waals surface area contributed by atoms with Crippen LogP contribution in [0.2, 0.25) is 0 Å². The predicted molar refractivity (Wildman–Crippen MR) is 95.2 cm³/mol. The molecular formula is C17H14F2N4O4S. The molecule has 28 heavy (non-hydrogen) atoms. The number of hydrogen-bond acceptors (Lipinski definition) is 5. The van der Waals surface area contributed by atoms with E-state index < -0.39 is 33.7 Å². The maximum atomic E-state index is 13.3. The largest absolute Gasteiger partial charge is 0.390 e. The normalized spacial score (nSPS) is 15.5. The highest BCUT2D eigenvalue weighted by Gasteiger charge is 2.37. The number of benzene rings is 2. The van der Waals surface area contributed by atoms with Crippen molar-refractivity contribution in [1.29, 1.82) is 0 Å². The minimum atomic E-state index is -3.96. The van der Waals surface area contributed by atoms with Crippen molar-refractivity contribution >= 4 is 32.7 Å². The SMILES string of the molecule is O=C(Nc1ccc(F)c(F)c1)c1cc(S(=O)(=O)N2CC(O)C2)c2[nH]cnc2c1. The molecule has 1 saturated heterocycles. The molecule has 0 radical (unpaired) electrons. The maximum Gasteiger partial charge on any atom is 0.255 e. The van der Waals surface area contributed by atoms with Gasteiger partial charge in [-0.2, -0.15) is 4.31 Å². The number of hydrogen-bond donors (Lipinski definition) is 3. The number of imidazole rings is 1. The second kappa shape index (κ2) is 6.62. The van der Waals surface area contributed by atoms with Gasteiger partial charge in [-0.15, -0.1) is 0 Å². The predicted octanol–water partition coefficient (Wildman–Crippen LogP) is 1.46. The molecule has 0 atom stereocenters. The number of aliphatic hydroxyl groups excluding tert-OH is 1. The molecule has 1 fully saturated rings. The molecule has 0 saturated carbocycles. The summed E-state index contributed by atoms with van der Waals surface area (Å²) in [6, 6.07) is 5.43. The highest BCUT2D eigenvalue weighted by Crippen LogP contribution is 2.28. The maximum absolute atomic E-state index is 13.3. The third-order valence-corrected chi connectivity index (χ3v) is 6.24. The fourth-order valence-electron chi connectivity index (χ4n) is 2.88. The van der Waals surface area contributed by atoms with Crippen LogP contribution in [0.25, 0.3) is 11.0 Å². The lowest BCUT2D eigenvalue weighted by Crippen LogP contribution is -2.53. The number of aliphatic hydroxyl groups is 1. The van der Waals surface area contributed by atoms with Gasteiger partial charge in [-0.25, -0.2) is 22.2 Å². The standard InChI is InChI=1S/C17H14F2N4O4S/c18-12-2-1-10(5-13(12)19)22-17(25)9-3-14-16(21-8-20-14)15(4-9)28(26,27)23-6-11(24)7-23/h1-5,8,11,24H,6-7H2,(H,20,21)(H,22,25). The van der Waals surface area contributed by atoms with Crippen molar-refractivity contribution < 1.29 is 27.1 Å². The molecule has 0 bridgehead atoms. The highest BCUT2D eigenvalue weighted by atomic mass is 32.2. The number of amides is 1. The Labute approximate surface area is 157 Å². The molecule has 1 aliphatic heterocycles. The Kier molecular flexibility index (Phi) is 4.37. The van der Waals surface area contributed by atoms with Crippen LogP contribution in [0.4, 0.5) is 14.5 Å². The summed E-state index contributed by atoms with van der Waals surface area (Å²) in [5.41, 5.74) is 0.466. The van der Waals surface area contributed by atoms with E-state index in [1.165, 1.54) is 24.5 Å². The number of carbonyl (C=O) groups is 1. The summed E-state index contributed by atoms with van der Waals surface area (Å²) in [5.74, 6) is -2.89. The van der Waals surface area contributed by atoms with Crippen molar-refractivity contribution in [2.24, 2.45) is 0 Å². The van der Waals surface area contributed by atoms with Gasteiger partial charge >= 0.3 is 0 Å². The molecular weight excluding hydrogens is 394 g/mol. The van der Waals surface area contributed by atoms with Crippen LogP contribution >= 0.6 is 0 Å². The number of sulfonamides is 1. The van der Waals surface area contributed by atoms with E-state index in [4.69, 9.17) is 0 Å². The first-order chi connectivity index (χ1) is 13.3. The van der Waals surface area contributed by atoms with Gasteiger partial charge < -0.3 is 15.4 Å². The van der Waals surface area contributed by atoms with Gasteiger partial charge in [0.2, 0.25) is 10.0 Å². The van der Waals surface area contributed by atoms with Crippen molar-refractivity contribution in [1.82, 2.24) is 14.3 Å². The second-order valence-electron chi connectivity index (χ2n) is 6.33. The lowest BCUT2D eigenvalue weighted by atomic mass is 10.1. The average Bonchev–Trinajstić information content (AvgIpc) is 3.09. The van der Waals surface area contributed by atoms with E-state index in [0.29, 0.717) is 0 Å². The zero-order chi connectivity index (χ0) is 20.1. The molecule has 1 amide bonds. The number of nitrogens with zero attached hydrogens (tertiary/aromatic N) is 2. The molecule has 1 aliphatic rings. The van der Waals surface area contributed by atoms with Crippen molar-refractivity contribution in [3.8, 4) is 0 Å². The number of fused-ring (bicyclic) bond motifs is 1. The summed E-state index contributed by atoms with van der Waals surface area (Å²) < 4.78 is 53.1. The summed E-state index contributed by atoms with van der Waals surface area (Å²) in [4.78, 5) is 19.1. The number of H-pyrrole nitrogens is 1. The Hall–Kier alpha value is -2.89. The first-order valence-electron chi connectivity index (χ1n) is 8.17. The quantitative estimate of drug-likeness (QED) is 0.605. The Balaban J connectivity index is 1.72. The molecule has 8 nitrogen and oxygen atoms in total. The average molecular weight is 408 g/mol. The molecule has 2 aromatic carbocycles. The molecule has 3 aromatic rings. The molecule has 11 heteroatoms. The van der Waals surface area contributed by atoms with Gasteiger partial charge in [0.15, 0.2) is 11.6 Å². The van der Waals surface area contributed by atoms with Gasteiger partial charge in [-0.1, -0.05) is 0 Å². The van der Waals surface area contributed by atoms with Gasteiger partial charge in [-0.3, -0.25) is 4.79 Å². The van der Waals surface area contributed by atoms with Crippen molar-refractivity contribution in [3.05, 3.63) is 53.9 Å². The molecule has 0 aliphatic carbocycles. The van der Waals surface area contributed by atoms with Crippen LogP contribution in [0.5, 0.6) is 0 Å². The number of aromatic nitrogens is 2. The summed E-state index contributed by atoms with van der Waals surface area (Å²) in [6.07, 6.45) is 0.568. The van der Waals surface area contributed by atoms with Crippen LogP contribution in [0.1, 0.15) is 10.4 Å². The lowest BCUT2D eigenvalue weighted by molar-refractivity contribution is 0.0548. The molecule has 1 aromatic heterocycles. The van der Waals surface area contributed by atoms with Crippen LogP contribution in [0.3, 0.4) is 0 Å². The summed E-state index contributed by atoms with van der Waals surface area (Å²) in [6.45, 7) is -0.0769. The molecule has 2 heterocycles. The number of anilines is 1. The Morgan fingerprint density at radius 3 is 2.64 bits per heavy atom. The molecule has 4 rings (SSSR count). The first-order valence-corrected chi connectivity index (χ1v) is 9.61. The van der Waals surface area contributed by atoms with Gasteiger partial charge in [0.1, 0.15) is 4.90 Å². The number of halogens is 2. The van der Waals surface area contributed by atoms with Gasteiger partial charge in [0.25, 0.3) is 5.91 Å². The second-order valence-corrected chi connectivity index (χ2v) is 8.24.